The Morgan fingerprint density at radius 3 is 3.11 bits per heavy atom. The summed E-state index contributed by atoms with van der Waals surface area (Å²) in [5.41, 5.74) is 6.06. The van der Waals surface area contributed by atoms with E-state index in [0.29, 0.717) is 18.7 Å². The number of pyridine rings is 1. The van der Waals surface area contributed by atoms with Crippen LogP contribution in [-0.4, -0.2) is 30.6 Å². The van der Waals surface area contributed by atoms with Crippen LogP contribution in [0.2, 0.25) is 0 Å². The van der Waals surface area contributed by atoms with Gasteiger partial charge in [0, 0.05) is 30.4 Å². The van der Waals surface area contributed by atoms with Crippen LogP contribution in [-0.2, 0) is 4.74 Å². The van der Waals surface area contributed by atoms with Crippen LogP contribution in [0.1, 0.15) is 29.6 Å². The molecular weight excluding hydrogens is 310 g/mol. The third kappa shape index (κ3) is 4.80. The first-order valence-corrected chi connectivity index (χ1v) is 7.23. The average molecular weight is 328 g/mol. The van der Waals surface area contributed by atoms with Crippen molar-refractivity contribution in [2.45, 2.75) is 19.3 Å². The zero-order valence-corrected chi connectivity index (χ0v) is 12.3. The Bertz CT molecular complexity index is 450. The molecule has 5 nitrogen and oxygen atoms in total. The third-order valence-electron chi connectivity index (χ3n) is 2.93. The van der Waals surface area contributed by atoms with E-state index in [1.54, 1.807) is 12.3 Å². The summed E-state index contributed by atoms with van der Waals surface area (Å²) in [6.45, 7) is 2.12. The van der Waals surface area contributed by atoms with Crippen molar-refractivity contribution in [3.8, 4) is 0 Å². The molecule has 0 atom stereocenters. The predicted molar refractivity (Wildman–Crippen MR) is 76.8 cm³/mol. The minimum atomic E-state index is -0.200. The molecule has 1 saturated carbocycles. The van der Waals surface area contributed by atoms with Crippen molar-refractivity contribution in [1.29, 1.82) is 0 Å². The number of hydrogen-bond acceptors (Lipinski definition) is 4. The number of ether oxygens (including phenoxy) is 1. The predicted octanol–water partition coefficient (Wildman–Crippen LogP) is 1.97. The number of halogens is 1. The standard InChI is InChI=1S/C13H18BrN3O2/c14-10-6-11(12(15)17-7-10)13(18)16-4-1-5-19-8-9-2-3-9/h6-7,9H,1-5,8H2,(H2,15,17)(H,16,18). The van der Waals surface area contributed by atoms with Gasteiger partial charge in [0.25, 0.3) is 5.91 Å². The lowest BCUT2D eigenvalue weighted by Gasteiger charge is -2.07. The second-order valence-corrected chi connectivity index (χ2v) is 5.63. The zero-order valence-electron chi connectivity index (χ0n) is 10.7. The van der Waals surface area contributed by atoms with Crippen LogP contribution in [0.25, 0.3) is 0 Å². The summed E-state index contributed by atoms with van der Waals surface area (Å²) < 4.78 is 6.23. The number of anilines is 1. The lowest BCUT2D eigenvalue weighted by Crippen LogP contribution is -2.26. The quantitative estimate of drug-likeness (QED) is 0.750. The van der Waals surface area contributed by atoms with Crippen molar-refractivity contribution in [3.63, 3.8) is 0 Å². The summed E-state index contributed by atoms with van der Waals surface area (Å²) in [6.07, 6.45) is 4.97. The van der Waals surface area contributed by atoms with Crippen LogP contribution in [0.5, 0.6) is 0 Å². The van der Waals surface area contributed by atoms with E-state index < -0.39 is 0 Å². The summed E-state index contributed by atoms with van der Waals surface area (Å²) in [5, 5.41) is 2.81. The molecule has 0 unspecified atom stereocenters. The lowest BCUT2D eigenvalue weighted by molar-refractivity contribution is 0.0938. The molecule has 6 heteroatoms. The number of carbonyl (C=O) groups is 1. The number of carbonyl (C=O) groups excluding carboxylic acids is 1. The Hall–Kier alpha value is -1.14. The van der Waals surface area contributed by atoms with Gasteiger partial charge in [0.05, 0.1) is 5.56 Å². The number of hydrogen-bond donors (Lipinski definition) is 2. The highest BCUT2D eigenvalue weighted by Crippen LogP contribution is 2.28. The molecule has 0 aliphatic heterocycles. The van der Waals surface area contributed by atoms with Crippen LogP contribution in [0.3, 0.4) is 0 Å². The Balaban J connectivity index is 1.66. The van der Waals surface area contributed by atoms with E-state index in [-0.39, 0.29) is 11.7 Å². The molecule has 0 saturated heterocycles. The summed E-state index contributed by atoms with van der Waals surface area (Å²) in [4.78, 5) is 15.8. The summed E-state index contributed by atoms with van der Waals surface area (Å²) in [5.74, 6) is 0.821. The highest BCUT2D eigenvalue weighted by atomic mass is 79.9. The molecule has 19 heavy (non-hydrogen) atoms. The molecule has 1 aromatic heterocycles. The Morgan fingerprint density at radius 2 is 2.37 bits per heavy atom. The summed E-state index contributed by atoms with van der Waals surface area (Å²) >= 11 is 3.27. The number of nitrogens with one attached hydrogen (secondary N) is 1. The normalized spacial score (nSPS) is 14.4. The van der Waals surface area contributed by atoms with Crippen molar-refractivity contribution in [2.24, 2.45) is 5.92 Å². The van der Waals surface area contributed by atoms with E-state index in [1.165, 1.54) is 12.8 Å². The van der Waals surface area contributed by atoms with Crippen molar-refractivity contribution in [1.82, 2.24) is 10.3 Å². The number of rotatable bonds is 7. The smallest absolute Gasteiger partial charge is 0.255 e. The average Bonchev–Trinajstić information content (AvgIpc) is 3.20. The molecule has 1 aliphatic carbocycles. The molecule has 0 bridgehead atoms. The Morgan fingerprint density at radius 1 is 1.58 bits per heavy atom. The lowest BCUT2D eigenvalue weighted by atomic mass is 10.2. The summed E-state index contributed by atoms with van der Waals surface area (Å²) in [7, 11) is 0. The molecule has 1 amide bonds. The molecule has 1 aliphatic rings. The first kappa shape index (κ1) is 14.3. The van der Waals surface area contributed by atoms with E-state index in [2.05, 4.69) is 26.2 Å². The van der Waals surface area contributed by atoms with Crippen molar-refractivity contribution in [2.75, 3.05) is 25.5 Å². The minimum Gasteiger partial charge on any atom is -0.383 e. The van der Waals surface area contributed by atoms with E-state index in [4.69, 9.17) is 10.5 Å². The number of amides is 1. The van der Waals surface area contributed by atoms with Crippen LogP contribution in [0, 0.1) is 5.92 Å². The number of nitrogens with zero attached hydrogens (tertiary/aromatic N) is 1. The van der Waals surface area contributed by atoms with Gasteiger partial charge in [-0.2, -0.15) is 0 Å². The second-order valence-electron chi connectivity index (χ2n) is 4.71. The molecular formula is C13H18BrN3O2. The molecule has 0 aromatic carbocycles. The molecule has 1 aromatic rings. The molecule has 0 spiro atoms. The van der Waals surface area contributed by atoms with E-state index in [1.807, 2.05) is 0 Å². The van der Waals surface area contributed by atoms with Gasteiger partial charge in [0.2, 0.25) is 0 Å². The van der Waals surface area contributed by atoms with Gasteiger partial charge in [-0.3, -0.25) is 4.79 Å². The first-order chi connectivity index (χ1) is 9.16. The molecule has 2 rings (SSSR count). The largest absolute Gasteiger partial charge is 0.383 e. The number of nitrogen functional groups attached to an aromatic ring is 1. The highest BCUT2D eigenvalue weighted by Gasteiger charge is 2.20. The topological polar surface area (TPSA) is 77.2 Å². The number of aromatic nitrogens is 1. The zero-order chi connectivity index (χ0) is 13.7. The summed E-state index contributed by atoms with van der Waals surface area (Å²) in [6, 6.07) is 1.67. The van der Waals surface area contributed by atoms with Gasteiger partial charge in [-0.05, 0) is 47.2 Å². The Kier molecular flexibility index (Phi) is 5.15. The Labute approximate surface area is 121 Å². The van der Waals surface area contributed by atoms with E-state index >= 15 is 0 Å². The molecule has 0 radical (unpaired) electrons. The maximum Gasteiger partial charge on any atom is 0.255 e. The van der Waals surface area contributed by atoms with Gasteiger partial charge < -0.3 is 15.8 Å². The van der Waals surface area contributed by atoms with Gasteiger partial charge in [-0.1, -0.05) is 0 Å². The monoisotopic (exact) mass is 327 g/mol. The van der Waals surface area contributed by atoms with Gasteiger partial charge >= 0.3 is 0 Å². The fourth-order valence-electron chi connectivity index (χ4n) is 1.64. The SMILES string of the molecule is Nc1ncc(Br)cc1C(=O)NCCCOCC1CC1. The maximum absolute atomic E-state index is 11.9. The van der Waals surface area contributed by atoms with Crippen molar-refractivity contribution >= 4 is 27.7 Å². The van der Waals surface area contributed by atoms with Gasteiger partial charge in [0.1, 0.15) is 5.82 Å². The second kappa shape index (κ2) is 6.86. The van der Waals surface area contributed by atoms with Crippen LogP contribution in [0.4, 0.5) is 5.82 Å². The van der Waals surface area contributed by atoms with E-state index in [9.17, 15) is 4.79 Å². The maximum atomic E-state index is 11.9. The van der Waals surface area contributed by atoms with Gasteiger partial charge in [-0.15, -0.1) is 0 Å². The molecule has 1 heterocycles. The van der Waals surface area contributed by atoms with Crippen molar-refractivity contribution in [3.05, 3.63) is 22.3 Å². The van der Waals surface area contributed by atoms with Gasteiger partial charge in [-0.25, -0.2) is 4.98 Å². The van der Waals surface area contributed by atoms with Crippen molar-refractivity contribution < 1.29 is 9.53 Å². The molecule has 1 fully saturated rings. The molecule has 104 valence electrons. The van der Waals surface area contributed by atoms with E-state index in [0.717, 1.165) is 23.4 Å². The first-order valence-electron chi connectivity index (χ1n) is 6.44. The number of nitrogens with two attached hydrogens (primary N) is 1. The third-order valence-corrected chi connectivity index (χ3v) is 3.36. The van der Waals surface area contributed by atoms with Gasteiger partial charge in [0.15, 0.2) is 0 Å². The van der Waals surface area contributed by atoms with Crippen LogP contribution in [0.15, 0.2) is 16.7 Å². The fraction of sp³-hybridized carbons (Fsp3) is 0.538. The highest BCUT2D eigenvalue weighted by molar-refractivity contribution is 9.10. The minimum absolute atomic E-state index is 0.200. The molecule has 3 N–H and O–H groups in total. The fourth-order valence-corrected chi connectivity index (χ4v) is 1.97. The van der Waals surface area contributed by atoms with Crippen LogP contribution >= 0.6 is 15.9 Å². The van der Waals surface area contributed by atoms with Crippen LogP contribution < -0.4 is 11.1 Å².